The van der Waals surface area contributed by atoms with E-state index >= 15 is 0 Å². The summed E-state index contributed by atoms with van der Waals surface area (Å²) in [6.07, 6.45) is 2.03. The number of benzene rings is 1. The van der Waals surface area contributed by atoms with Gasteiger partial charge < -0.3 is 5.32 Å². The van der Waals surface area contributed by atoms with Gasteiger partial charge in [-0.1, -0.05) is 37.6 Å². The first kappa shape index (κ1) is 17.0. The maximum Gasteiger partial charge on any atom is 0.220 e. The highest BCUT2D eigenvalue weighted by Crippen LogP contribution is 2.17. The van der Waals surface area contributed by atoms with E-state index in [2.05, 4.69) is 29.5 Å². The molecule has 0 saturated heterocycles. The quantitative estimate of drug-likeness (QED) is 0.822. The van der Waals surface area contributed by atoms with Gasteiger partial charge >= 0.3 is 0 Å². The fourth-order valence-electron chi connectivity index (χ4n) is 2.01. The summed E-state index contributed by atoms with van der Waals surface area (Å²) >= 11 is 7.50. The normalized spacial score (nSPS) is 10.9. The van der Waals surface area contributed by atoms with Gasteiger partial charge in [-0.3, -0.25) is 4.79 Å². The van der Waals surface area contributed by atoms with Crippen LogP contribution in [0.15, 0.2) is 29.6 Å². The second-order valence-corrected chi connectivity index (χ2v) is 6.93. The molecule has 0 unspecified atom stereocenters. The molecule has 0 bridgehead atoms. The van der Waals surface area contributed by atoms with Crippen molar-refractivity contribution in [3.63, 3.8) is 0 Å². The van der Waals surface area contributed by atoms with Gasteiger partial charge in [0.15, 0.2) is 0 Å². The number of hydrogen-bond donors (Lipinski definition) is 1. The van der Waals surface area contributed by atoms with Crippen molar-refractivity contribution in [2.75, 3.05) is 6.54 Å². The van der Waals surface area contributed by atoms with Gasteiger partial charge in [0.2, 0.25) is 5.91 Å². The Morgan fingerprint density at radius 2 is 2.00 bits per heavy atom. The zero-order chi connectivity index (χ0) is 15.9. The smallest absolute Gasteiger partial charge is 0.220 e. The average molecular weight is 337 g/mol. The molecule has 0 saturated carbocycles. The van der Waals surface area contributed by atoms with Gasteiger partial charge in [0, 0.05) is 29.8 Å². The standard InChI is InChI=1S/C17H21ClN2OS/c1-12(2)15-11-22-17(20-15)9-10-19-16(21)8-5-13-3-6-14(18)7-4-13/h3-4,6-7,11-12H,5,8-10H2,1-2H3,(H,19,21). The molecule has 2 rings (SSSR count). The van der Waals surface area contributed by atoms with Crippen LogP contribution in [0.5, 0.6) is 0 Å². The molecule has 22 heavy (non-hydrogen) atoms. The van der Waals surface area contributed by atoms with Crippen molar-refractivity contribution in [1.29, 1.82) is 0 Å². The lowest BCUT2D eigenvalue weighted by molar-refractivity contribution is -0.121. The molecule has 0 aliphatic carbocycles. The second-order valence-electron chi connectivity index (χ2n) is 5.55. The Balaban J connectivity index is 1.68. The maximum absolute atomic E-state index is 11.8. The van der Waals surface area contributed by atoms with Crippen LogP contribution in [0.25, 0.3) is 0 Å². The molecule has 0 atom stereocenters. The van der Waals surface area contributed by atoms with Crippen LogP contribution in [-0.4, -0.2) is 17.4 Å². The van der Waals surface area contributed by atoms with E-state index in [0.29, 0.717) is 18.9 Å². The van der Waals surface area contributed by atoms with Gasteiger partial charge in [-0.05, 0) is 30.0 Å². The maximum atomic E-state index is 11.8. The Morgan fingerprint density at radius 1 is 1.27 bits per heavy atom. The molecule has 1 N–H and O–H groups in total. The van der Waals surface area contributed by atoms with Crippen molar-refractivity contribution in [2.24, 2.45) is 0 Å². The van der Waals surface area contributed by atoms with Gasteiger partial charge in [0.25, 0.3) is 0 Å². The van der Waals surface area contributed by atoms with Crippen LogP contribution >= 0.6 is 22.9 Å². The number of thiazole rings is 1. The number of carbonyl (C=O) groups excluding carboxylic acids is 1. The first-order valence-corrected chi connectivity index (χ1v) is 8.76. The highest BCUT2D eigenvalue weighted by atomic mass is 35.5. The van der Waals surface area contributed by atoms with E-state index < -0.39 is 0 Å². The third-order valence-corrected chi connectivity index (χ3v) is 4.55. The number of hydrogen-bond acceptors (Lipinski definition) is 3. The SMILES string of the molecule is CC(C)c1csc(CCNC(=O)CCc2ccc(Cl)cc2)n1. The van der Waals surface area contributed by atoms with Crippen molar-refractivity contribution in [2.45, 2.75) is 39.0 Å². The second kappa shape index (κ2) is 8.30. The molecule has 0 fully saturated rings. The average Bonchev–Trinajstić information content (AvgIpc) is 2.96. The molecule has 2 aromatic rings. The molecule has 5 heteroatoms. The van der Waals surface area contributed by atoms with E-state index in [0.717, 1.165) is 34.1 Å². The van der Waals surface area contributed by atoms with Gasteiger partial charge in [-0.25, -0.2) is 4.98 Å². The molecule has 0 aliphatic rings. The Morgan fingerprint density at radius 3 is 2.64 bits per heavy atom. The number of aryl methyl sites for hydroxylation is 1. The molecular weight excluding hydrogens is 316 g/mol. The molecule has 1 aromatic heterocycles. The molecule has 0 radical (unpaired) electrons. The molecular formula is C17H21ClN2OS. The third kappa shape index (κ3) is 5.43. The summed E-state index contributed by atoms with van der Waals surface area (Å²) in [5, 5.41) is 6.86. The van der Waals surface area contributed by atoms with E-state index in [1.807, 2.05) is 24.3 Å². The highest BCUT2D eigenvalue weighted by molar-refractivity contribution is 7.09. The fraction of sp³-hybridized carbons (Fsp3) is 0.412. The first-order valence-electron chi connectivity index (χ1n) is 7.50. The van der Waals surface area contributed by atoms with Crippen molar-refractivity contribution < 1.29 is 4.79 Å². The van der Waals surface area contributed by atoms with Gasteiger partial charge in [0.05, 0.1) is 10.7 Å². The van der Waals surface area contributed by atoms with E-state index in [1.165, 1.54) is 0 Å². The number of aromatic nitrogens is 1. The summed E-state index contributed by atoms with van der Waals surface area (Å²) < 4.78 is 0. The van der Waals surface area contributed by atoms with Crippen molar-refractivity contribution in [3.8, 4) is 0 Å². The van der Waals surface area contributed by atoms with E-state index in [4.69, 9.17) is 11.6 Å². The Kier molecular flexibility index (Phi) is 6.40. The van der Waals surface area contributed by atoms with Crippen LogP contribution < -0.4 is 5.32 Å². The minimum Gasteiger partial charge on any atom is -0.356 e. The predicted octanol–water partition coefficient (Wildman–Crippen LogP) is 4.21. The van der Waals surface area contributed by atoms with E-state index in [1.54, 1.807) is 11.3 Å². The number of rotatable bonds is 7. The number of halogens is 1. The topological polar surface area (TPSA) is 42.0 Å². The third-order valence-electron chi connectivity index (χ3n) is 3.38. The zero-order valence-corrected chi connectivity index (χ0v) is 14.5. The summed E-state index contributed by atoms with van der Waals surface area (Å²) in [7, 11) is 0. The van der Waals surface area contributed by atoms with Gasteiger partial charge in [-0.2, -0.15) is 0 Å². The Bertz CT molecular complexity index is 607. The predicted molar refractivity (Wildman–Crippen MR) is 92.7 cm³/mol. The van der Waals surface area contributed by atoms with Crippen LogP contribution in [0.3, 0.4) is 0 Å². The van der Waals surface area contributed by atoms with Crippen LogP contribution in [0.1, 0.15) is 42.5 Å². The summed E-state index contributed by atoms with van der Waals surface area (Å²) in [5.41, 5.74) is 2.26. The minimum atomic E-state index is 0.0792. The summed E-state index contributed by atoms with van der Waals surface area (Å²) in [5.74, 6) is 0.537. The molecule has 118 valence electrons. The highest BCUT2D eigenvalue weighted by Gasteiger charge is 2.06. The molecule has 3 nitrogen and oxygen atoms in total. The van der Waals surface area contributed by atoms with Crippen LogP contribution in [0.4, 0.5) is 0 Å². The summed E-state index contributed by atoms with van der Waals surface area (Å²) in [6, 6.07) is 7.62. The van der Waals surface area contributed by atoms with Gasteiger partial charge in [0.1, 0.15) is 0 Å². The van der Waals surface area contributed by atoms with E-state index in [-0.39, 0.29) is 5.91 Å². The molecule has 1 aromatic carbocycles. The summed E-state index contributed by atoms with van der Waals surface area (Å²) in [6.45, 7) is 4.92. The molecule has 0 aliphatic heterocycles. The number of nitrogens with one attached hydrogen (secondary N) is 1. The Labute approximate surface area is 140 Å². The molecule has 1 heterocycles. The lowest BCUT2D eigenvalue weighted by Gasteiger charge is -2.04. The molecule has 1 amide bonds. The Hall–Kier alpha value is -1.39. The van der Waals surface area contributed by atoms with Crippen LogP contribution in [-0.2, 0) is 17.6 Å². The minimum absolute atomic E-state index is 0.0792. The van der Waals surface area contributed by atoms with Crippen molar-refractivity contribution in [1.82, 2.24) is 10.3 Å². The lowest BCUT2D eigenvalue weighted by atomic mass is 10.1. The lowest BCUT2D eigenvalue weighted by Crippen LogP contribution is -2.25. The largest absolute Gasteiger partial charge is 0.356 e. The van der Waals surface area contributed by atoms with Crippen LogP contribution in [0.2, 0.25) is 5.02 Å². The van der Waals surface area contributed by atoms with E-state index in [9.17, 15) is 4.79 Å². The monoisotopic (exact) mass is 336 g/mol. The fourth-order valence-corrected chi connectivity index (χ4v) is 3.10. The van der Waals surface area contributed by atoms with Crippen molar-refractivity contribution in [3.05, 3.63) is 50.9 Å². The number of carbonyl (C=O) groups is 1. The van der Waals surface area contributed by atoms with Crippen LogP contribution in [0, 0.1) is 0 Å². The number of amides is 1. The first-order chi connectivity index (χ1) is 10.5. The van der Waals surface area contributed by atoms with Crippen molar-refractivity contribution >= 4 is 28.8 Å². The summed E-state index contributed by atoms with van der Waals surface area (Å²) in [4.78, 5) is 16.4. The number of nitrogens with zero attached hydrogens (tertiary/aromatic N) is 1. The van der Waals surface area contributed by atoms with Gasteiger partial charge in [-0.15, -0.1) is 11.3 Å². The zero-order valence-electron chi connectivity index (χ0n) is 12.9. The molecule has 0 spiro atoms.